The molecule has 6 heteroatoms. The molecule has 0 saturated heterocycles. The molecule has 0 unspecified atom stereocenters. The van der Waals surface area contributed by atoms with Gasteiger partial charge in [0.25, 0.3) is 0 Å². The number of ether oxygens (including phenoxy) is 2. The number of nitrogens with zero attached hydrogens (tertiary/aromatic N) is 1. The van der Waals surface area contributed by atoms with Crippen LogP contribution in [0.25, 0.3) is 0 Å². The molecule has 0 aromatic heterocycles. The third-order valence-corrected chi connectivity index (χ3v) is 3.35. The van der Waals surface area contributed by atoms with E-state index in [1.54, 1.807) is 13.8 Å². The fraction of sp³-hybridized carbons (Fsp3) is 0.350. The molecule has 0 radical (unpaired) electrons. The van der Waals surface area contributed by atoms with Crippen LogP contribution in [0.4, 0.5) is 0 Å². The van der Waals surface area contributed by atoms with Gasteiger partial charge in [-0.25, -0.2) is 9.59 Å². The second-order valence-electron chi connectivity index (χ2n) is 5.27. The molecule has 0 heterocycles. The predicted molar refractivity (Wildman–Crippen MR) is 98.0 cm³/mol. The molecule has 1 aromatic carbocycles. The van der Waals surface area contributed by atoms with Gasteiger partial charge in [0.05, 0.1) is 13.2 Å². The second-order valence-corrected chi connectivity index (χ2v) is 5.27. The zero-order valence-electron chi connectivity index (χ0n) is 15.4. The molecular weight excluding hydrogens is 334 g/mol. The molecule has 0 bridgehead atoms. The summed E-state index contributed by atoms with van der Waals surface area (Å²) in [5, 5.41) is 0. The highest BCUT2D eigenvalue weighted by Crippen LogP contribution is 2.09. The number of carbonyl (C=O) groups excluding carboxylic acids is 3. The lowest BCUT2D eigenvalue weighted by Crippen LogP contribution is -2.31. The molecular formula is C20H25NO5. The SMILES string of the molecule is C/C=C\CN(Cc1ccccc1)C(=O)C=C(C(=O)OCC)C(=O)OCC. The molecule has 0 aliphatic carbocycles. The van der Waals surface area contributed by atoms with E-state index in [1.807, 2.05) is 49.4 Å². The first-order chi connectivity index (χ1) is 12.5. The van der Waals surface area contributed by atoms with E-state index in [2.05, 4.69) is 0 Å². The van der Waals surface area contributed by atoms with Crippen LogP contribution in [0.2, 0.25) is 0 Å². The minimum atomic E-state index is -0.870. The molecule has 1 amide bonds. The second kappa shape index (κ2) is 11.6. The van der Waals surface area contributed by atoms with Crippen LogP contribution in [0.3, 0.4) is 0 Å². The molecule has 0 N–H and O–H groups in total. The maximum Gasteiger partial charge on any atom is 0.345 e. The smallest absolute Gasteiger partial charge is 0.345 e. The highest BCUT2D eigenvalue weighted by Gasteiger charge is 2.24. The summed E-state index contributed by atoms with van der Waals surface area (Å²) in [4.78, 5) is 38.2. The largest absolute Gasteiger partial charge is 0.462 e. The minimum absolute atomic E-state index is 0.0933. The van der Waals surface area contributed by atoms with E-state index in [0.29, 0.717) is 13.1 Å². The van der Waals surface area contributed by atoms with E-state index in [-0.39, 0.29) is 13.2 Å². The van der Waals surface area contributed by atoms with Crippen LogP contribution in [-0.2, 0) is 30.4 Å². The molecule has 0 aliphatic rings. The lowest BCUT2D eigenvalue weighted by molar-refractivity contribution is -0.147. The van der Waals surface area contributed by atoms with Crippen LogP contribution >= 0.6 is 0 Å². The monoisotopic (exact) mass is 359 g/mol. The van der Waals surface area contributed by atoms with Crippen LogP contribution < -0.4 is 0 Å². The summed E-state index contributed by atoms with van der Waals surface area (Å²) in [5.74, 6) is -2.21. The number of hydrogen-bond donors (Lipinski definition) is 0. The summed E-state index contributed by atoms with van der Waals surface area (Å²) in [6.45, 7) is 5.97. The summed E-state index contributed by atoms with van der Waals surface area (Å²) < 4.78 is 9.72. The van der Waals surface area contributed by atoms with Gasteiger partial charge in [-0.2, -0.15) is 0 Å². The van der Waals surface area contributed by atoms with Crippen molar-refractivity contribution in [3.05, 3.63) is 59.7 Å². The van der Waals surface area contributed by atoms with E-state index >= 15 is 0 Å². The van der Waals surface area contributed by atoms with Gasteiger partial charge in [-0.3, -0.25) is 4.79 Å². The Balaban J connectivity index is 3.08. The molecule has 6 nitrogen and oxygen atoms in total. The highest BCUT2D eigenvalue weighted by atomic mass is 16.6. The van der Waals surface area contributed by atoms with Crippen molar-refractivity contribution in [3.8, 4) is 0 Å². The predicted octanol–water partition coefficient (Wildman–Crippen LogP) is 2.64. The quantitative estimate of drug-likeness (QED) is 0.223. The van der Waals surface area contributed by atoms with Crippen molar-refractivity contribution < 1.29 is 23.9 Å². The van der Waals surface area contributed by atoms with Gasteiger partial charge in [-0.15, -0.1) is 0 Å². The Morgan fingerprint density at radius 3 is 2.08 bits per heavy atom. The van der Waals surface area contributed by atoms with Crippen molar-refractivity contribution in [3.63, 3.8) is 0 Å². The number of amides is 1. The molecule has 1 aromatic rings. The van der Waals surface area contributed by atoms with Crippen molar-refractivity contribution in [1.82, 2.24) is 4.90 Å². The maximum absolute atomic E-state index is 12.7. The van der Waals surface area contributed by atoms with Crippen LogP contribution in [-0.4, -0.2) is 42.5 Å². The Morgan fingerprint density at radius 1 is 1.00 bits per heavy atom. The Morgan fingerprint density at radius 2 is 1.58 bits per heavy atom. The van der Waals surface area contributed by atoms with E-state index in [0.717, 1.165) is 11.6 Å². The summed E-state index contributed by atoms with van der Waals surface area (Å²) in [5.41, 5.74) is 0.532. The first-order valence-electron chi connectivity index (χ1n) is 8.53. The van der Waals surface area contributed by atoms with Gasteiger partial charge in [0.2, 0.25) is 5.91 Å². The van der Waals surface area contributed by atoms with Crippen molar-refractivity contribution in [1.29, 1.82) is 0 Å². The zero-order valence-corrected chi connectivity index (χ0v) is 15.4. The Kier molecular flexibility index (Phi) is 9.46. The van der Waals surface area contributed by atoms with E-state index < -0.39 is 23.4 Å². The van der Waals surface area contributed by atoms with Crippen molar-refractivity contribution in [2.75, 3.05) is 19.8 Å². The first kappa shape index (κ1) is 21.2. The van der Waals surface area contributed by atoms with Crippen molar-refractivity contribution >= 4 is 17.8 Å². The Hall–Kier alpha value is -2.89. The van der Waals surface area contributed by atoms with Gasteiger partial charge < -0.3 is 14.4 Å². The average molecular weight is 359 g/mol. The number of rotatable bonds is 9. The lowest BCUT2D eigenvalue weighted by atomic mass is 10.2. The van der Waals surface area contributed by atoms with E-state index in [4.69, 9.17) is 9.47 Å². The number of hydrogen-bond acceptors (Lipinski definition) is 5. The van der Waals surface area contributed by atoms with Crippen LogP contribution in [0.15, 0.2) is 54.1 Å². The lowest BCUT2D eigenvalue weighted by Gasteiger charge is -2.20. The molecule has 1 rings (SSSR count). The highest BCUT2D eigenvalue weighted by molar-refractivity contribution is 6.17. The molecule has 26 heavy (non-hydrogen) atoms. The van der Waals surface area contributed by atoms with Crippen molar-refractivity contribution in [2.24, 2.45) is 0 Å². The Bertz CT molecular complexity index is 644. The van der Waals surface area contributed by atoms with E-state index in [1.165, 1.54) is 4.90 Å². The maximum atomic E-state index is 12.7. The summed E-state index contributed by atoms with van der Waals surface area (Å²) in [7, 11) is 0. The summed E-state index contributed by atoms with van der Waals surface area (Å²) in [6, 6.07) is 9.45. The van der Waals surface area contributed by atoms with Gasteiger partial charge in [-0.1, -0.05) is 42.5 Å². The molecule has 0 saturated carbocycles. The van der Waals surface area contributed by atoms with Crippen molar-refractivity contribution in [2.45, 2.75) is 27.3 Å². The first-order valence-corrected chi connectivity index (χ1v) is 8.53. The number of esters is 2. The minimum Gasteiger partial charge on any atom is -0.462 e. The average Bonchev–Trinajstić information content (AvgIpc) is 2.64. The zero-order chi connectivity index (χ0) is 19.4. The fourth-order valence-corrected chi connectivity index (χ4v) is 2.10. The third kappa shape index (κ3) is 6.93. The number of carbonyl (C=O) groups is 3. The molecule has 0 fully saturated rings. The molecule has 0 spiro atoms. The van der Waals surface area contributed by atoms with Crippen LogP contribution in [0, 0.1) is 0 Å². The van der Waals surface area contributed by atoms with Gasteiger partial charge in [0.1, 0.15) is 5.57 Å². The fourth-order valence-electron chi connectivity index (χ4n) is 2.10. The molecule has 140 valence electrons. The summed E-state index contributed by atoms with van der Waals surface area (Å²) in [6.07, 6.45) is 4.64. The van der Waals surface area contributed by atoms with Gasteiger partial charge in [-0.05, 0) is 26.3 Å². The topological polar surface area (TPSA) is 72.9 Å². The van der Waals surface area contributed by atoms with E-state index in [9.17, 15) is 14.4 Å². The number of benzene rings is 1. The summed E-state index contributed by atoms with van der Waals surface area (Å²) >= 11 is 0. The Labute approximate surface area is 154 Å². The standard InChI is InChI=1S/C20H25NO5/c1-4-7-13-21(15-16-11-9-8-10-12-16)18(22)14-17(19(23)25-5-2)20(24)26-6-3/h4,7-12,14H,5-6,13,15H2,1-3H3/b7-4-. The van der Waals surface area contributed by atoms with Gasteiger partial charge in [0, 0.05) is 19.2 Å². The van der Waals surface area contributed by atoms with Crippen LogP contribution in [0.5, 0.6) is 0 Å². The van der Waals surface area contributed by atoms with Gasteiger partial charge >= 0.3 is 11.9 Å². The molecule has 0 atom stereocenters. The molecule has 0 aliphatic heterocycles. The van der Waals surface area contributed by atoms with Gasteiger partial charge in [0.15, 0.2) is 0 Å². The normalized spacial score (nSPS) is 10.3. The number of allylic oxidation sites excluding steroid dienone is 1. The van der Waals surface area contributed by atoms with Crippen LogP contribution in [0.1, 0.15) is 26.3 Å². The third-order valence-electron chi connectivity index (χ3n) is 3.35.